The first-order valence-electron chi connectivity index (χ1n) is 8.25. The van der Waals surface area contributed by atoms with Gasteiger partial charge in [-0.15, -0.1) is 4.99 Å². The monoisotopic (exact) mass is 330 g/mol. The summed E-state index contributed by atoms with van der Waals surface area (Å²) in [5, 5.41) is 0. The maximum absolute atomic E-state index is 13.3. The molecule has 1 aromatic rings. The molecule has 2 unspecified atom stereocenters. The van der Waals surface area contributed by atoms with Crippen LogP contribution in [0.2, 0.25) is 0 Å². The lowest BCUT2D eigenvalue weighted by atomic mass is 10.1. The van der Waals surface area contributed by atoms with E-state index in [1.54, 1.807) is 0 Å². The second-order valence-electron chi connectivity index (χ2n) is 6.53. The molecule has 2 saturated heterocycles. The number of primary amides is 1. The molecular weight excluding hydrogens is 306 g/mol. The van der Waals surface area contributed by atoms with Gasteiger partial charge in [0.05, 0.1) is 6.54 Å². The van der Waals surface area contributed by atoms with Gasteiger partial charge in [0.15, 0.2) is 6.04 Å². The Morgan fingerprint density at radius 3 is 2.38 bits per heavy atom. The standard InChI is InChI=1S/C17H23N5O2/c1-20-10-11-21(2)16(20)19-17(24)22(13-7-4-3-5-8-13)12-6-9-14(22)15(18)23/h3-5,7-8,14H,6,9-12H2,1-2H3,(H-,18,23)/p+1. The van der Waals surface area contributed by atoms with E-state index in [1.165, 1.54) is 0 Å². The minimum atomic E-state index is -0.568. The van der Waals surface area contributed by atoms with Crippen LogP contribution in [0.15, 0.2) is 35.3 Å². The quantitative estimate of drug-likeness (QED) is 0.821. The zero-order valence-corrected chi connectivity index (χ0v) is 14.2. The lowest BCUT2D eigenvalue weighted by Crippen LogP contribution is -2.61. The highest BCUT2D eigenvalue weighted by Gasteiger charge is 2.53. The number of para-hydroxylation sites is 1. The van der Waals surface area contributed by atoms with E-state index < -0.39 is 11.9 Å². The summed E-state index contributed by atoms with van der Waals surface area (Å²) in [6, 6.07) is 8.51. The predicted octanol–water partition coefficient (Wildman–Crippen LogP) is 0.995. The van der Waals surface area contributed by atoms with E-state index in [0.29, 0.717) is 18.9 Å². The van der Waals surface area contributed by atoms with Gasteiger partial charge in [-0.05, 0) is 12.1 Å². The molecule has 3 rings (SSSR count). The summed E-state index contributed by atoms with van der Waals surface area (Å²) < 4.78 is -0.110. The van der Waals surface area contributed by atoms with Crippen molar-refractivity contribution < 1.29 is 9.59 Å². The number of nitrogens with zero attached hydrogens (tertiary/aromatic N) is 4. The molecule has 3 amide bonds. The van der Waals surface area contributed by atoms with E-state index >= 15 is 0 Å². The summed E-state index contributed by atoms with van der Waals surface area (Å²) in [7, 11) is 3.83. The predicted molar refractivity (Wildman–Crippen MR) is 93.4 cm³/mol. The zero-order valence-electron chi connectivity index (χ0n) is 14.2. The molecule has 2 N–H and O–H groups in total. The van der Waals surface area contributed by atoms with Gasteiger partial charge >= 0.3 is 6.03 Å². The molecule has 2 atom stereocenters. The molecule has 24 heavy (non-hydrogen) atoms. The van der Waals surface area contributed by atoms with Crippen LogP contribution in [0.3, 0.4) is 0 Å². The number of carbonyl (C=O) groups is 2. The fourth-order valence-corrected chi connectivity index (χ4v) is 3.75. The highest BCUT2D eigenvalue weighted by molar-refractivity contribution is 6.01. The van der Waals surface area contributed by atoms with Crippen molar-refractivity contribution in [3.8, 4) is 0 Å². The summed E-state index contributed by atoms with van der Waals surface area (Å²) in [5.41, 5.74) is 6.41. The van der Waals surface area contributed by atoms with Crippen LogP contribution in [0.1, 0.15) is 12.8 Å². The topological polar surface area (TPSA) is 79.0 Å². The maximum atomic E-state index is 13.3. The molecule has 2 fully saturated rings. The average molecular weight is 330 g/mol. The smallest absolute Gasteiger partial charge is 0.364 e. The van der Waals surface area contributed by atoms with Crippen LogP contribution in [0.25, 0.3) is 0 Å². The van der Waals surface area contributed by atoms with Crippen molar-refractivity contribution in [3.63, 3.8) is 0 Å². The third-order valence-corrected chi connectivity index (χ3v) is 5.06. The number of aliphatic imine (C=N–C) groups is 1. The Morgan fingerprint density at radius 2 is 1.79 bits per heavy atom. The number of guanidine groups is 1. The van der Waals surface area contributed by atoms with Crippen LogP contribution in [0.4, 0.5) is 10.5 Å². The van der Waals surface area contributed by atoms with Gasteiger partial charge in [0.2, 0.25) is 5.96 Å². The van der Waals surface area contributed by atoms with E-state index in [4.69, 9.17) is 5.73 Å². The van der Waals surface area contributed by atoms with E-state index in [2.05, 4.69) is 4.99 Å². The molecule has 7 heteroatoms. The Kier molecular flexibility index (Phi) is 4.28. The van der Waals surface area contributed by atoms with Gasteiger partial charge in [0.25, 0.3) is 5.91 Å². The first-order valence-corrected chi connectivity index (χ1v) is 8.25. The van der Waals surface area contributed by atoms with Gasteiger partial charge in [-0.25, -0.2) is 4.79 Å². The summed E-state index contributed by atoms with van der Waals surface area (Å²) in [4.78, 5) is 33.6. The van der Waals surface area contributed by atoms with Crippen LogP contribution >= 0.6 is 0 Å². The molecule has 2 aliphatic heterocycles. The molecule has 1 aromatic carbocycles. The van der Waals surface area contributed by atoms with Gasteiger partial charge in [-0.2, -0.15) is 4.48 Å². The van der Waals surface area contributed by atoms with Crippen molar-refractivity contribution in [2.24, 2.45) is 10.7 Å². The van der Waals surface area contributed by atoms with Crippen molar-refractivity contribution in [3.05, 3.63) is 30.3 Å². The zero-order chi connectivity index (χ0) is 17.3. The van der Waals surface area contributed by atoms with E-state index in [0.717, 1.165) is 25.2 Å². The fourth-order valence-electron chi connectivity index (χ4n) is 3.75. The minimum absolute atomic E-state index is 0.110. The molecule has 2 aliphatic rings. The van der Waals surface area contributed by atoms with Gasteiger partial charge in [0.1, 0.15) is 5.69 Å². The van der Waals surface area contributed by atoms with Crippen LogP contribution in [0, 0.1) is 0 Å². The third kappa shape index (κ3) is 2.54. The maximum Gasteiger partial charge on any atom is 0.451 e. The summed E-state index contributed by atoms with van der Waals surface area (Å²) >= 11 is 0. The van der Waals surface area contributed by atoms with Crippen molar-refractivity contribution in [1.29, 1.82) is 0 Å². The number of hydrogen-bond acceptors (Lipinski definition) is 2. The number of hydrogen-bond donors (Lipinski definition) is 1. The number of amides is 3. The van der Waals surface area contributed by atoms with Gasteiger partial charge in [-0.3, -0.25) is 4.79 Å². The second kappa shape index (κ2) is 6.24. The average Bonchev–Trinajstić information content (AvgIpc) is 3.15. The first-order chi connectivity index (χ1) is 11.5. The molecule has 0 bridgehead atoms. The molecular formula is C17H24N5O2+. The number of likely N-dealkylation sites (N-methyl/N-ethyl adjacent to an activating group) is 2. The third-order valence-electron chi connectivity index (χ3n) is 5.06. The van der Waals surface area contributed by atoms with Crippen LogP contribution < -0.4 is 10.2 Å². The Balaban J connectivity index is 2.07. The number of urea groups is 1. The molecule has 0 aromatic heterocycles. The Hall–Kier alpha value is -2.41. The summed E-state index contributed by atoms with van der Waals surface area (Å²) in [6.45, 7) is 2.20. The SMILES string of the molecule is CN1CCN(C)C1=NC(=O)[N+]1(c2ccccc2)CCCC1C(N)=O. The Morgan fingerprint density at radius 1 is 1.17 bits per heavy atom. The normalized spacial score (nSPS) is 26.8. The number of carbonyl (C=O) groups excluding carboxylic acids is 2. The lowest BCUT2D eigenvalue weighted by Gasteiger charge is -2.33. The number of nitrogens with two attached hydrogens (primary N) is 1. The first kappa shape index (κ1) is 16.4. The number of likely N-dealkylation sites (tertiary alicyclic amines) is 1. The van der Waals surface area contributed by atoms with E-state index in [9.17, 15) is 9.59 Å². The Labute approximate surface area is 141 Å². The van der Waals surface area contributed by atoms with Crippen molar-refractivity contribution >= 4 is 23.6 Å². The lowest BCUT2D eigenvalue weighted by molar-refractivity contribution is -0.121. The van der Waals surface area contributed by atoms with Crippen LogP contribution in [0.5, 0.6) is 0 Å². The van der Waals surface area contributed by atoms with Crippen LogP contribution in [-0.2, 0) is 4.79 Å². The largest absolute Gasteiger partial charge is 0.451 e. The van der Waals surface area contributed by atoms with Crippen molar-refractivity contribution in [2.45, 2.75) is 18.9 Å². The molecule has 0 spiro atoms. The van der Waals surface area contributed by atoms with Gasteiger partial charge in [-0.1, -0.05) is 18.2 Å². The van der Waals surface area contributed by atoms with Crippen molar-refractivity contribution in [1.82, 2.24) is 14.3 Å². The fraction of sp³-hybridized carbons (Fsp3) is 0.471. The number of benzene rings is 1. The van der Waals surface area contributed by atoms with Crippen molar-refractivity contribution in [2.75, 3.05) is 33.7 Å². The highest BCUT2D eigenvalue weighted by atomic mass is 16.2. The number of quaternary nitrogens is 1. The molecule has 0 aliphatic carbocycles. The summed E-state index contributed by atoms with van der Waals surface area (Å²) in [5.74, 6) is 0.196. The molecule has 7 nitrogen and oxygen atoms in total. The number of rotatable bonds is 2. The second-order valence-corrected chi connectivity index (χ2v) is 6.53. The highest BCUT2D eigenvalue weighted by Crippen LogP contribution is 2.35. The van der Waals surface area contributed by atoms with E-state index in [1.807, 2.05) is 54.2 Å². The molecule has 2 heterocycles. The molecule has 128 valence electrons. The van der Waals surface area contributed by atoms with E-state index in [-0.39, 0.29) is 10.5 Å². The van der Waals surface area contributed by atoms with Gasteiger partial charge in [0, 0.05) is 40.0 Å². The van der Waals surface area contributed by atoms with Gasteiger partial charge < -0.3 is 15.5 Å². The summed E-state index contributed by atoms with van der Waals surface area (Å²) in [6.07, 6.45) is 1.37. The minimum Gasteiger partial charge on any atom is -0.364 e. The molecule has 0 saturated carbocycles. The Bertz CT molecular complexity index is 663. The van der Waals surface area contributed by atoms with Crippen LogP contribution in [-0.4, -0.2) is 67.5 Å². The molecule has 0 radical (unpaired) electrons.